The maximum atomic E-state index is 12.3. The number of nitro groups is 1. The first kappa shape index (κ1) is 26.9. The Labute approximate surface area is 217 Å². The molecule has 3 aromatic rings. The summed E-state index contributed by atoms with van der Waals surface area (Å²) in [4.78, 5) is 22.6. The smallest absolute Gasteiger partial charge is 0.269 e. The van der Waals surface area contributed by atoms with Crippen LogP contribution in [0.5, 0.6) is 5.75 Å². The van der Waals surface area contributed by atoms with Gasteiger partial charge < -0.3 is 4.74 Å². The maximum absolute atomic E-state index is 12.3. The summed E-state index contributed by atoms with van der Waals surface area (Å²) < 4.78 is 30.9. The van der Waals surface area contributed by atoms with Crippen LogP contribution in [0.25, 0.3) is 0 Å². The van der Waals surface area contributed by atoms with Crippen LogP contribution in [0.4, 0.5) is 11.4 Å². The molecule has 0 fully saturated rings. The summed E-state index contributed by atoms with van der Waals surface area (Å²) >= 11 is 12.1. The SMILES string of the molecule is CS(=O)(=O)N(CC(=O)N/N=C\c1ccc(OCc2ccc([N+](=O)[O-])cc2)cc1)c1cccc(Cl)c1Cl. The molecule has 0 atom stereocenters. The van der Waals surface area contributed by atoms with Crippen molar-refractivity contribution in [3.05, 3.63) is 98.0 Å². The van der Waals surface area contributed by atoms with Gasteiger partial charge in [-0.3, -0.25) is 19.2 Å². The van der Waals surface area contributed by atoms with E-state index in [9.17, 15) is 23.3 Å². The van der Waals surface area contributed by atoms with Gasteiger partial charge in [0.15, 0.2) is 0 Å². The fourth-order valence-corrected chi connectivity index (χ4v) is 4.25. The summed E-state index contributed by atoms with van der Waals surface area (Å²) in [6, 6.07) is 17.3. The molecule has 36 heavy (non-hydrogen) atoms. The number of ether oxygens (including phenoxy) is 1. The highest BCUT2D eigenvalue weighted by Gasteiger charge is 2.23. The highest BCUT2D eigenvalue weighted by Crippen LogP contribution is 2.33. The molecule has 0 saturated carbocycles. The zero-order valence-electron chi connectivity index (χ0n) is 18.8. The van der Waals surface area contributed by atoms with Gasteiger partial charge in [0.1, 0.15) is 18.9 Å². The Morgan fingerprint density at radius 3 is 2.39 bits per heavy atom. The maximum Gasteiger partial charge on any atom is 0.269 e. The molecule has 0 aromatic heterocycles. The standard InChI is InChI=1S/C23H20Cl2N4O6S/c1-36(33,34)28(21-4-2-3-20(24)23(21)25)14-22(30)27-26-13-16-7-11-19(12-8-16)35-15-17-5-9-18(10-6-17)29(31)32/h2-13H,14-15H2,1H3,(H,27,30)/b26-13-. The number of sulfonamides is 1. The van der Waals surface area contributed by atoms with Crippen LogP contribution in [-0.4, -0.2) is 38.3 Å². The van der Waals surface area contributed by atoms with Crippen molar-refractivity contribution in [1.29, 1.82) is 0 Å². The van der Waals surface area contributed by atoms with E-state index in [0.717, 1.165) is 16.1 Å². The number of carbonyl (C=O) groups excluding carboxylic acids is 1. The van der Waals surface area contributed by atoms with Gasteiger partial charge in [-0.25, -0.2) is 13.8 Å². The van der Waals surface area contributed by atoms with E-state index in [4.69, 9.17) is 27.9 Å². The molecule has 0 unspecified atom stereocenters. The average molecular weight is 551 g/mol. The zero-order valence-corrected chi connectivity index (χ0v) is 21.1. The molecule has 3 rings (SSSR count). The first-order chi connectivity index (χ1) is 17.0. The third-order valence-electron chi connectivity index (χ3n) is 4.72. The minimum Gasteiger partial charge on any atom is -0.489 e. The van der Waals surface area contributed by atoms with E-state index in [0.29, 0.717) is 11.3 Å². The molecule has 0 radical (unpaired) electrons. The van der Waals surface area contributed by atoms with Gasteiger partial charge in [0, 0.05) is 12.1 Å². The van der Waals surface area contributed by atoms with Gasteiger partial charge in [-0.1, -0.05) is 29.3 Å². The largest absolute Gasteiger partial charge is 0.489 e. The van der Waals surface area contributed by atoms with Gasteiger partial charge in [-0.15, -0.1) is 0 Å². The molecule has 0 saturated heterocycles. The molecule has 1 amide bonds. The second-order valence-corrected chi connectivity index (χ2v) is 10.1. The van der Waals surface area contributed by atoms with Crippen molar-refractivity contribution in [2.24, 2.45) is 5.10 Å². The quantitative estimate of drug-likeness (QED) is 0.226. The lowest BCUT2D eigenvalue weighted by Crippen LogP contribution is -2.39. The van der Waals surface area contributed by atoms with E-state index >= 15 is 0 Å². The van der Waals surface area contributed by atoms with Crippen molar-refractivity contribution in [1.82, 2.24) is 5.43 Å². The molecule has 0 aliphatic rings. The van der Waals surface area contributed by atoms with Gasteiger partial charge in [-0.05, 0) is 59.7 Å². The van der Waals surface area contributed by atoms with E-state index < -0.39 is 27.4 Å². The average Bonchev–Trinajstić information content (AvgIpc) is 2.83. The van der Waals surface area contributed by atoms with E-state index in [1.807, 2.05) is 0 Å². The second-order valence-electron chi connectivity index (χ2n) is 7.42. The lowest BCUT2D eigenvalue weighted by molar-refractivity contribution is -0.384. The molecule has 13 heteroatoms. The minimum atomic E-state index is -3.83. The summed E-state index contributed by atoms with van der Waals surface area (Å²) in [7, 11) is -3.83. The van der Waals surface area contributed by atoms with Crippen molar-refractivity contribution >= 4 is 56.7 Å². The number of hydrogen-bond donors (Lipinski definition) is 1. The van der Waals surface area contributed by atoms with Crippen LogP contribution in [0.1, 0.15) is 11.1 Å². The molecule has 10 nitrogen and oxygen atoms in total. The molecule has 188 valence electrons. The number of nitro benzene ring substituents is 1. The predicted molar refractivity (Wildman–Crippen MR) is 138 cm³/mol. The zero-order chi connectivity index (χ0) is 26.3. The number of nitrogens with one attached hydrogen (secondary N) is 1. The number of nitrogens with zero attached hydrogens (tertiary/aromatic N) is 3. The van der Waals surface area contributed by atoms with E-state index in [-0.39, 0.29) is 28.0 Å². The molecule has 0 aliphatic heterocycles. The van der Waals surface area contributed by atoms with Gasteiger partial charge in [0.25, 0.3) is 11.6 Å². The predicted octanol–water partition coefficient (Wildman–Crippen LogP) is 4.40. The van der Waals surface area contributed by atoms with Crippen LogP contribution in [-0.2, 0) is 21.4 Å². The first-order valence-corrected chi connectivity index (χ1v) is 12.8. The van der Waals surface area contributed by atoms with Gasteiger partial charge in [0.05, 0.1) is 33.1 Å². The number of hydrogen-bond acceptors (Lipinski definition) is 7. The monoisotopic (exact) mass is 550 g/mol. The normalized spacial score (nSPS) is 11.3. The van der Waals surface area contributed by atoms with Crippen LogP contribution < -0.4 is 14.5 Å². The molecular formula is C23H20Cl2N4O6S. The highest BCUT2D eigenvalue weighted by molar-refractivity contribution is 7.92. The van der Waals surface area contributed by atoms with Crippen LogP contribution in [0.15, 0.2) is 71.8 Å². The van der Waals surface area contributed by atoms with Crippen LogP contribution in [0.2, 0.25) is 10.0 Å². The third-order valence-corrected chi connectivity index (χ3v) is 6.66. The first-order valence-electron chi connectivity index (χ1n) is 10.2. The summed E-state index contributed by atoms with van der Waals surface area (Å²) in [5.41, 5.74) is 3.79. The van der Waals surface area contributed by atoms with Crippen molar-refractivity contribution in [3.63, 3.8) is 0 Å². The molecule has 1 N–H and O–H groups in total. The number of non-ortho nitro benzene ring substituents is 1. The second kappa shape index (κ2) is 11.8. The lowest BCUT2D eigenvalue weighted by atomic mass is 10.2. The van der Waals surface area contributed by atoms with Crippen molar-refractivity contribution in [3.8, 4) is 5.75 Å². The van der Waals surface area contributed by atoms with Crippen molar-refractivity contribution < 1.29 is 22.9 Å². The summed E-state index contributed by atoms with van der Waals surface area (Å²) in [5, 5.41) is 14.7. The number of carbonyl (C=O) groups is 1. The summed E-state index contributed by atoms with van der Waals surface area (Å²) in [6.45, 7) is -0.319. The third kappa shape index (κ3) is 7.41. The lowest BCUT2D eigenvalue weighted by Gasteiger charge is -2.22. The van der Waals surface area contributed by atoms with E-state index in [1.54, 1.807) is 36.4 Å². The molecule has 0 bridgehead atoms. The Bertz CT molecular complexity index is 1380. The number of amides is 1. The Kier molecular flexibility index (Phi) is 8.86. The Hall–Kier alpha value is -3.67. The molecule has 0 spiro atoms. The number of rotatable bonds is 10. The summed E-state index contributed by atoms with van der Waals surface area (Å²) in [5.74, 6) is -0.118. The van der Waals surface area contributed by atoms with Crippen LogP contribution in [0.3, 0.4) is 0 Å². The number of hydrazone groups is 1. The molecule has 0 heterocycles. The van der Waals surface area contributed by atoms with Crippen molar-refractivity contribution in [2.45, 2.75) is 6.61 Å². The van der Waals surface area contributed by atoms with E-state index in [1.165, 1.54) is 36.5 Å². The number of benzene rings is 3. The minimum absolute atomic E-state index is 0.00627. The van der Waals surface area contributed by atoms with Gasteiger partial charge >= 0.3 is 0 Å². The fraction of sp³-hybridized carbons (Fsp3) is 0.130. The Balaban J connectivity index is 1.55. The van der Waals surface area contributed by atoms with Gasteiger partial charge in [-0.2, -0.15) is 5.10 Å². The number of halogens is 2. The Morgan fingerprint density at radius 2 is 1.78 bits per heavy atom. The molecular weight excluding hydrogens is 531 g/mol. The molecule has 0 aliphatic carbocycles. The summed E-state index contributed by atoms with van der Waals surface area (Å²) in [6.07, 6.45) is 2.33. The number of anilines is 1. The fourth-order valence-electron chi connectivity index (χ4n) is 2.94. The van der Waals surface area contributed by atoms with Gasteiger partial charge in [0.2, 0.25) is 10.0 Å². The highest BCUT2D eigenvalue weighted by atomic mass is 35.5. The topological polar surface area (TPSA) is 131 Å². The van der Waals surface area contributed by atoms with Crippen molar-refractivity contribution in [2.75, 3.05) is 17.1 Å². The van der Waals surface area contributed by atoms with Crippen LogP contribution in [0, 0.1) is 10.1 Å². The molecule has 3 aromatic carbocycles. The Morgan fingerprint density at radius 1 is 1.11 bits per heavy atom. The van der Waals surface area contributed by atoms with Crippen LogP contribution >= 0.6 is 23.2 Å². The van der Waals surface area contributed by atoms with E-state index in [2.05, 4.69) is 10.5 Å².